The van der Waals surface area contributed by atoms with E-state index in [4.69, 9.17) is 11.6 Å². The Balaban J connectivity index is 2.23. The van der Waals surface area contributed by atoms with Gasteiger partial charge in [0.25, 0.3) is 0 Å². The Morgan fingerprint density at radius 1 is 1.37 bits per heavy atom. The smallest absolute Gasteiger partial charge is 0.236 e. The average molecular weight is 324 g/mol. The lowest BCUT2D eigenvalue weighted by molar-refractivity contribution is 0.587. The summed E-state index contributed by atoms with van der Waals surface area (Å²) in [5, 5.41) is -0.364. The van der Waals surface area contributed by atoms with E-state index in [0.29, 0.717) is 16.3 Å². The van der Waals surface area contributed by atoms with Crippen LogP contribution in [0.2, 0.25) is 5.02 Å². The molecule has 1 N–H and O–H groups in total. The first kappa shape index (κ1) is 14.6. The van der Waals surface area contributed by atoms with Gasteiger partial charge in [0.1, 0.15) is 0 Å². The van der Waals surface area contributed by atoms with Gasteiger partial charge in [0.15, 0.2) is 9.84 Å². The van der Waals surface area contributed by atoms with Crippen molar-refractivity contribution in [2.24, 2.45) is 0 Å². The van der Waals surface area contributed by atoms with E-state index in [0.717, 1.165) is 0 Å². The first-order valence-corrected chi connectivity index (χ1v) is 9.42. The minimum Gasteiger partial charge on any atom is -0.283 e. The van der Waals surface area contributed by atoms with Gasteiger partial charge in [-0.25, -0.2) is 16.8 Å². The van der Waals surface area contributed by atoms with Crippen LogP contribution < -0.4 is 4.72 Å². The van der Waals surface area contributed by atoms with Gasteiger partial charge in [0.05, 0.1) is 22.4 Å². The zero-order valence-electron chi connectivity index (χ0n) is 10.3. The molecule has 0 amide bonds. The Morgan fingerprint density at radius 2 is 2.05 bits per heavy atom. The molecule has 1 atom stereocenters. The highest BCUT2D eigenvalue weighted by atomic mass is 35.5. The van der Waals surface area contributed by atoms with Crippen molar-refractivity contribution in [3.05, 3.63) is 28.8 Å². The maximum atomic E-state index is 12.1. The molecule has 1 aromatic rings. The maximum Gasteiger partial charge on any atom is 0.236 e. The normalized spacial score (nSPS) is 22.3. The second kappa shape index (κ2) is 4.96. The van der Waals surface area contributed by atoms with Crippen LogP contribution in [0, 0.1) is 6.92 Å². The van der Waals surface area contributed by atoms with Gasteiger partial charge in [0, 0.05) is 5.02 Å². The minimum absolute atomic E-state index is 0.0713. The fourth-order valence-corrected chi connectivity index (χ4v) is 6.37. The van der Waals surface area contributed by atoms with E-state index in [9.17, 15) is 16.8 Å². The standard InChI is InChI=1S/C11H14ClNO4S2/c1-8-6-9(12)2-3-11(8)13-19(16,17)10-4-5-18(14,15)7-10/h2-3,6,10,13H,4-5,7H2,1H3. The van der Waals surface area contributed by atoms with Gasteiger partial charge in [-0.2, -0.15) is 0 Å². The molecule has 0 radical (unpaired) electrons. The highest BCUT2D eigenvalue weighted by Gasteiger charge is 2.37. The topological polar surface area (TPSA) is 80.3 Å². The summed E-state index contributed by atoms with van der Waals surface area (Å²) in [6, 6.07) is 4.79. The monoisotopic (exact) mass is 323 g/mol. The molecule has 0 aromatic heterocycles. The van der Waals surface area contributed by atoms with Crippen LogP contribution in [-0.2, 0) is 19.9 Å². The molecule has 8 heteroatoms. The van der Waals surface area contributed by atoms with Gasteiger partial charge in [-0.15, -0.1) is 0 Å². The molecule has 1 unspecified atom stereocenters. The summed E-state index contributed by atoms with van der Waals surface area (Å²) in [5.41, 5.74) is 1.12. The molecule has 19 heavy (non-hydrogen) atoms. The fraction of sp³-hybridized carbons (Fsp3) is 0.455. The van der Waals surface area contributed by atoms with Crippen molar-refractivity contribution in [1.29, 1.82) is 0 Å². The third-order valence-corrected chi connectivity index (χ3v) is 7.07. The van der Waals surface area contributed by atoms with Gasteiger partial charge in [-0.05, 0) is 37.1 Å². The molecule has 1 aliphatic heterocycles. The van der Waals surface area contributed by atoms with Gasteiger partial charge in [-0.3, -0.25) is 4.72 Å². The molecular formula is C11H14ClNO4S2. The zero-order valence-corrected chi connectivity index (χ0v) is 12.6. The van der Waals surface area contributed by atoms with E-state index < -0.39 is 25.1 Å². The third-order valence-electron chi connectivity index (χ3n) is 3.07. The number of nitrogens with one attached hydrogen (secondary N) is 1. The molecule has 1 aromatic carbocycles. The fourth-order valence-electron chi connectivity index (χ4n) is 1.98. The lowest BCUT2D eigenvalue weighted by Crippen LogP contribution is -2.29. The Labute approximate surface area is 117 Å². The zero-order chi connectivity index (χ0) is 14.3. The van der Waals surface area contributed by atoms with E-state index in [1.54, 1.807) is 25.1 Å². The van der Waals surface area contributed by atoms with Crippen LogP contribution >= 0.6 is 11.6 Å². The van der Waals surface area contributed by atoms with Crippen molar-refractivity contribution in [3.63, 3.8) is 0 Å². The molecule has 0 saturated carbocycles. The van der Waals surface area contributed by atoms with E-state index in [1.807, 2.05) is 0 Å². The number of aryl methyl sites for hydroxylation is 1. The summed E-state index contributed by atoms with van der Waals surface area (Å²) < 4.78 is 49.4. The van der Waals surface area contributed by atoms with Crippen LogP contribution in [-0.4, -0.2) is 33.6 Å². The van der Waals surface area contributed by atoms with Gasteiger partial charge in [-0.1, -0.05) is 11.6 Å². The first-order valence-electron chi connectivity index (χ1n) is 5.68. The number of sulfonamides is 1. The summed E-state index contributed by atoms with van der Waals surface area (Å²) in [4.78, 5) is 0. The number of halogens is 1. The molecule has 1 heterocycles. The summed E-state index contributed by atoms with van der Waals surface area (Å²) >= 11 is 5.80. The number of anilines is 1. The Bertz CT molecular complexity index is 697. The average Bonchev–Trinajstić information content (AvgIpc) is 2.64. The predicted molar refractivity (Wildman–Crippen MR) is 75.8 cm³/mol. The molecule has 2 rings (SSSR count). The molecule has 0 spiro atoms. The SMILES string of the molecule is Cc1cc(Cl)ccc1NS(=O)(=O)C1CCS(=O)(=O)C1. The van der Waals surface area contributed by atoms with Crippen LogP contribution in [0.25, 0.3) is 0 Å². The van der Waals surface area contributed by atoms with E-state index in [1.165, 1.54) is 0 Å². The highest BCUT2D eigenvalue weighted by Crippen LogP contribution is 2.24. The maximum absolute atomic E-state index is 12.1. The largest absolute Gasteiger partial charge is 0.283 e. The van der Waals surface area contributed by atoms with Crippen molar-refractivity contribution >= 4 is 37.1 Å². The lowest BCUT2D eigenvalue weighted by Gasteiger charge is -2.14. The van der Waals surface area contributed by atoms with Gasteiger partial charge < -0.3 is 0 Å². The summed E-state index contributed by atoms with van der Waals surface area (Å²) in [5.74, 6) is -0.382. The number of benzene rings is 1. The number of hydrogen-bond acceptors (Lipinski definition) is 4. The predicted octanol–water partition coefficient (Wildman–Crippen LogP) is 1.58. The number of sulfone groups is 1. The molecule has 1 aliphatic rings. The quantitative estimate of drug-likeness (QED) is 0.915. The van der Waals surface area contributed by atoms with Crippen molar-refractivity contribution in [2.75, 3.05) is 16.2 Å². The molecule has 106 valence electrons. The van der Waals surface area contributed by atoms with E-state index in [2.05, 4.69) is 4.72 Å². The van der Waals surface area contributed by atoms with Gasteiger partial charge >= 0.3 is 0 Å². The molecule has 1 saturated heterocycles. The second-order valence-corrected chi connectivity index (χ2v) is 9.26. The van der Waals surface area contributed by atoms with Crippen LogP contribution in [0.4, 0.5) is 5.69 Å². The van der Waals surface area contributed by atoms with Crippen LogP contribution in [0.1, 0.15) is 12.0 Å². The van der Waals surface area contributed by atoms with Crippen molar-refractivity contribution in [2.45, 2.75) is 18.6 Å². The number of rotatable bonds is 3. The summed E-state index contributed by atoms with van der Waals surface area (Å²) in [6.45, 7) is 1.73. The van der Waals surface area contributed by atoms with Gasteiger partial charge in [0.2, 0.25) is 10.0 Å². The lowest BCUT2D eigenvalue weighted by atomic mass is 10.2. The van der Waals surface area contributed by atoms with E-state index in [-0.39, 0.29) is 17.9 Å². The molecule has 5 nitrogen and oxygen atoms in total. The van der Waals surface area contributed by atoms with Crippen LogP contribution in [0.15, 0.2) is 18.2 Å². The molecular weight excluding hydrogens is 310 g/mol. The highest BCUT2D eigenvalue weighted by molar-refractivity contribution is 7.97. The molecule has 1 fully saturated rings. The van der Waals surface area contributed by atoms with E-state index >= 15 is 0 Å². The van der Waals surface area contributed by atoms with Crippen LogP contribution in [0.5, 0.6) is 0 Å². The third kappa shape index (κ3) is 3.40. The van der Waals surface area contributed by atoms with Crippen LogP contribution in [0.3, 0.4) is 0 Å². The summed E-state index contributed by atoms with van der Waals surface area (Å²) in [6.07, 6.45) is 0.143. The van der Waals surface area contributed by atoms with Crippen molar-refractivity contribution < 1.29 is 16.8 Å². The Hall–Kier alpha value is -0.790. The van der Waals surface area contributed by atoms with Crippen molar-refractivity contribution in [1.82, 2.24) is 0 Å². The second-order valence-electron chi connectivity index (χ2n) is 4.63. The van der Waals surface area contributed by atoms with Crippen molar-refractivity contribution in [3.8, 4) is 0 Å². The molecule has 0 aliphatic carbocycles. The Kier molecular flexibility index (Phi) is 3.81. The first-order chi connectivity index (χ1) is 8.70. The minimum atomic E-state index is -3.69. The Morgan fingerprint density at radius 3 is 2.58 bits per heavy atom. The number of hydrogen-bond donors (Lipinski definition) is 1. The molecule has 0 bridgehead atoms. The summed E-state index contributed by atoms with van der Waals surface area (Å²) in [7, 11) is -6.92.